The molecule has 82 valence electrons. The van der Waals surface area contributed by atoms with Crippen molar-refractivity contribution in [2.24, 2.45) is 5.73 Å². The van der Waals surface area contributed by atoms with Crippen LogP contribution < -0.4 is 15.2 Å². The van der Waals surface area contributed by atoms with Gasteiger partial charge in [-0.05, 0) is 48.3 Å². The number of nitrogens with two attached hydrogens (primary N) is 1. The molecule has 0 saturated carbocycles. The average Bonchev–Trinajstić information content (AvgIpc) is 2.58. The van der Waals surface area contributed by atoms with Crippen molar-refractivity contribution < 1.29 is 9.47 Å². The molecule has 2 rings (SSSR count). The third-order valence-electron chi connectivity index (χ3n) is 2.54. The van der Waals surface area contributed by atoms with E-state index in [1.54, 1.807) is 0 Å². The van der Waals surface area contributed by atoms with Crippen molar-refractivity contribution in [1.29, 1.82) is 0 Å². The smallest absolute Gasteiger partial charge is 0.231 e. The Bertz CT molecular complexity index is 410. The Kier molecular flexibility index (Phi) is 2.43. The summed E-state index contributed by atoms with van der Waals surface area (Å²) in [7, 11) is 0. The van der Waals surface area contributed by atoms with Crippen molar-refractivity contribution in [3.8, 4) is 11.5 Å². The van der Waals surface area contributed by atoms with Crippen LogP contribution in [0.25, 0.3) is 0 Å². The monoisotopic (exact) mass is 271 g/mol. The van der Waals surface area contributed by atoms with Gasteiger partial charge >= 0.3 is 0 Å². The second kappa shape index (κ2) is 3.39. The molecule has 0 atom stereocenters. The number of fused-ring (bicyclic) bond motifs is 1. The van der Waals surface area contributed by atoms with Crippen LogP contribution in [0.4, 0.5) is 0 Å². The fourth-order valence-corrected chi connectivity index (χ4v) is 2.35. The summed E-state index contributed by atoms with van der Waals surface area (Å²) in [5.41, 5.74) is 7.84. The molecule has 2 N–H and O–H groups in total. The highest BCUT2D eigenvalue weighted by Crippen LogP contribution is 2.44. The summed E-state index contributed by atoms with van der Waals surface area (Å²) < 4.78 is 11.7. The van der Waals surface area contributed by atoms with Crippen molar-refractivity contribution in [2.75, 3.05) is 6.79 Å². The fourth-order valence-electron chi connectivity index (χ4n) is 1.83. The van der Waals surface area contributed by atoms with Gasteiger partial charge in [0.05, 0.1) is 4.47 Å². The zero-order valence-corrected chi connectivity index (χ0v) is 10.6. The predicted molar refractivity (Wildman–Crippen MR) is 62.2 cm³/mol. The Morgan fingerprint density at radius 3 is 2.53 bits per heavy atom. The normalized spacial score (nSPS) is 14.5. The molecule has 0 radical (unpaired) electrons. The first kappa shape index (κ1) is 10.8. The number of rotatable bonds is 1. The molecule has 0 amide bonds. The van der Waals surface area contributed by atoms with Crippen LogP contribution in [-0.2, 0) is 5.54 Å². The SMILES string of the molecule is Cc1c(C(C)(C)N)cc(Br)c2c1OCO2. The maximum Gasteiger partial charge on any atom is 0.231 e. The predicted octanol–water partition coefficient (Wildman–Crippen LogP) is 2.68. The van der Waals surface area contributed by atoms with Crippen LogP contribution in [0, 0.1) is 6.92 Å². The molecule has 1 heterocycles. The van der Waals surface area contributed by atoms with E-state index in [4.69, 9.17) is 15.2 Å². The van der Waals surface area contributed by atoms with E-state index in [0.717, 1.165) is 27.1 Å². The lowest BCUT2D eigenvalue weighted by Gasteiger charge is -2.23. The Labute approximate surface area is 97.7 Å². The van der Waals surface area contributed by atoms with E-state index in [-0.39, 0.29) is 12.3 Å². The summed E-state index contributed by atoms with van der Waals surface area (Å²) in [5.74, 6) is 1.58. The largest absolute Gasteiger partial charge is 0.453 e. The summed E-state index contributed by atoms with van der Waals surface area (Å²) in [6, 6.07) is 2.00. The molecule has 15 heavy (non-hydrogen) atoms. The van der Waals surface area contributed by atoms with Gasteiger partial charge in [-0.1, -0.05) is 0 Å². The molecule has 0 aliphatic carbocycles. The highest BCUT2D eigenvalue weighted by Gasteiger charge is 2.26. The average molecular weight is 272 g/mol. The Hall–Kier alpha value is -0.740. The van der Waals surface area contributed by atoms with Crippen molar-refractivity contribution >= 4 is 15.9 Å². The van der Waals surface area contributed by atoms with Crippen LogP contribution in [0.2, 0.25) is 0 Å². The maximum absolute atomic E-state index is 6.10. The first-order valence-electron chi connectivity index (χ1n) is 4.79. The molecule has 0 saturated heterocycles. The highest BCUT2D eigenvalue weighted by molar-refractivity contribution is 9.10. The number of hydrogen-bond donors (Lipinski definition) is 1. The molecule has 0 unspecified atom stereocenters. The van der Waals surface area contributed by atoms with Gasteiger partial charge in [0.25, 0.3) is 0 Å². The van der Waals surface area contributed by atoms with Crippen molar-refractivity contribution in [3.05, 3.63) is 21.7 Å². The van der Waals surface area contributed by atoms with E-state index in [0.29, 0.717) is 0 Å². The van der Waals surface area contributed by atoms with Gasteiger partial charge in [0.15, 0.2) is 11.5 Å². The first-order chi connectivity index (χ1) is 6.91. The number of benzene rings is 1. The minimum atomic E-state index is -0.381. The molecule has 0 fully saturated rings. The van der Waals surface area contributed by atoms with E-state index in [1.165, 1.54) is 0 Å². The third kappa shape index (κ3) is 1.72. The van der Waals surface area contributed by atoms with E-state index in [2.05, 4.69) is 15.9 Å². The van der Waals surface area contributed by atoms with E-state index in [9.17, 15) is 0 Å². The zero-order chi connectivity index (χ0) is 11.2. The van der Waals surface area contributed by atoms with Crippen molar-refractivity contribution in [2.45, 2.75) is 26.3 Å². The van der Waals surface area contributed by atoms with Crippen LogP contribution in [0.15, 0.2) is 10.5 Å². The lowest BCUT2D eigenvalue weighted by molar-refractivity contribution is 0.173. The van der Waals surface area contributed by atoms with Crippen molar-refractivity contribution in [1.82, 2.24) is 0 Å². The zero-order valence-electron chi connectivity index (χ0n) is 9.06. The lowest BCUT2D eigenvalue weighted by Crippen LogP contribution is -2.29. The molecule has 0 aromatic heterocycles. The Morgan fingerprint density at radius 2 is 1.93 bits per heavy atom. The minimum Gasteiger partial charge on any atom is -0.453 e. The lowest BCUT2D eigenvalue weighted by atomic mass is 9.91. The van der Waals surface area contributed by atoms with Crippen LogP contribution in [0.1, 0.15) is 25.0 Å². The molecular weight excluding hydrogens is 258 g/mol. The minimum absolute atomic E-state index is 0.281. The topological polar surface area (TPSA) is 44.5 Å². The van der Waals surface area contributed by atoms with Crippen LogP contribution in [0.5, 0.6) is 11.5 Å². The summed E-state index contributed by atoms with van der Waals surface area (Å²) in [5, 5.41) is 0. The summed E-state index contributed by atoms with van der Waals surface area (Å²) in [6.45, 7) is 6.24. The standard InChI is InChI=1S/C11H14BrNO2/c1-6-7(11(2,3)13)4-8(12)10-9(6)14-5-15-10/h4H,5,13H2,1-3H3. The van der Waals surface area contributed by atoms with Crippen molar-refractivity contribution in [3.63, 3.8) is 0 Å². The number of halogens is 1. The maximum atomic E-state index is 6.10. The number of hydrogen-bond acceptors (Lipinski definition) is 3. The van der Waals surface area contributed by atoms with Gasteiger partial charge in [-0.15, -0.1) is 0 Å². The molecule has 0 bridgehead atoms. The summed E-state index contributed by atoms with van der Waals surface area (Å²) in [6.07, 6.45) is 0. The number of ether oxygens (including phenoxy) is 2. The summed E-state index contributed by atoms with van der Waals surface area (Å²) in [4.78, 5) is 0. The second-order valence-electron chi connectivity index (χ2n) is 4.32. The summed E-state index contributed by atoms with van der Waals surface area (Å²) >= 11 is 3.46. The van der Waals surface area contributed by atoms with E-state index >= 15 is 0 Å². The molecule has 3 nitrogen and oxygen atoms in total. The molecule has 1 aliphatic heterocycles. The quantitative estimate of drug-likeness (QED) is 0.854. The first-order valence-corrected chi connectivity index (χ1v) is 5.58. The fraction of sp³-hybridized carbons (Fsp3) is 0.455. The molecular formula is C11H14BrNO2. The molecule has 0 spiro atoms. The Morgan fingerprint density at radius 1 is 1.33 bits per heavy atom. The molecule has 4 heteroatoms. The highest BCUT2D eigenvalue weighted by atomic mass is 79.9. The van der Waals surface area contributed by atoms with Gasteiger partial charge < -0.3 is 15.2 Å². The van der Waals surface area contributed by atoms with Gasteiger partial charge in [0.1, 0.15) is 0 Å². The molecule has 1 aliphatic rings. The van der Waals surface area contributed by atoms with E-state index in [1.807, 2.05) is 26.8 Å². The van der Waals surface area contributed by atoms with Gasteiger partial charge in [0, 0.05) is 11.1 Å². The van der Waals surface area contributed by atoms with Gasteiger partial charge in [-0.3, -0.25) is 0 Å². The second-order valence-corrected chi connectivity index (χ2v) is 5.17. The van der Waals surface area contributed by atoms with Gasteiger partial charge in [-0.2, -0.15) is 0 Å². The third-order valence-corrected chi connectivity index (χ3v) is 3.13. The molecule has 1 aromatic carbocycles. The van der Waals surface area contributed by atoms with Crippen LogP contribution in [-0.4, -0.2) is 6.79 Å². The van der Waals surface area contributed by atoms with Gasteiger partial charge in [0.2, 0.25) is 6.79 Å². The van der Waals surface area contributed by atoms with Crippen LogP contribution in [0.3, 0.4) is 0 Å². The van der Waals surface area contributed by atoms with E-state index < -0.39 is 0 Å². The van der Waals surface area contributed by atoms with Gasteiger partial charge in [-0.25, -0.2) is 0 Å². The molecule has 1 aromatic rings. The van der Waals surface area contributed by atoms with Crippen LogP contribution >= 0.6 is 15.9 Å². The Balaban J connectivity index is 2.65.